The van der Waals surface area contributed by atoms with Gasteiger partial charge in [0.05, 0.1) is 15.6 Å². The van der Waals surface area contributed by atoms with Crippen LogP contribution in [0.3, 0.4) is 0 Å². The van der Waals surface area contributed by atoms with Gasteiger partial charge < -0.3 is 26.2 Å². The smallest absolute Gasteiger partial charge is 0.328 e. The van der Waals surface area contributed by atoms with Crippen molar-refractivity contribution < 1.29 is 24.6 Å². The molecule has 9 nitrogen and oxygen atoms in total. The SMILES string of the molecule is O=C(NCc1cccc(O)c1)c1ccc(C(=O)N[C@@H](CNC(=S)Cc2ccncc2)C(=O)O)c(Cl)c1. The Balaban J connectivity index is 1.57. The van der Waals surface area contributed by atoms with Gasteiger partial charge in [-0.25, -0.2) is 4.79 Å². The molecule has 0 aliphatic heterocycles. The lowest BCUT2D eigenvalue weighted by Crippen LogP contribution is -2.48. The van der Waals surface area contributed by atoms with Gasteiger partial charge in [0.2, 0.25) is 0 Å². The summed E-state index contributed by atoms with van der Waals surface area (Å²) in [6.07, 6.45) is 3.66. The van der Waals surface area contributed by atoms with Crippen molar-refractivity contribution in [2.45, 2.75) is 19.0 Å². The summed E-state index contributed by atoms with van der Waals surface area (Å²) in [6.45, 7) is 0.0571. The molecule has 0 saturated carbocycles. The highest BCUT2D eigenvalue weighted by Crippen LogP contribution is 2.19. The first kappa shape index (κ1) is 26.6. The van der Waals surface area contributed by atoms with Crippen molar-refractivity contribution in [3.63, 3.8) is 0 Å². The van der Waals surface area contributed by atoms with Crippen LogP contribution >= 0.6 is 23.8 Å². The summed E-state index contributed by atoms with van der Waals surface area (Å²) >= 11 is 11.5. The van der Waals surface area contributed by atoms with Crippen LogP contribution in [0.4, 0.5) is 0 Å². The van der Waals surface area contributed by atoms with Gasteiger partial charge in [-0.1, -0.05) is 36.0 Å². The highest BCUT2D eigenvalue weighted by atomic mass is 35.5. The molecule has 2 aromatic carbocycles. The van der Waals surface area contributed by atoms with E-state index >= 15 is 0 Å². The fourth-order valence-electron chi connectivity index (χ4n) is 3.19. The Morgan fingerprint density at radius 1 is 0.972 bits per heavy atom. The van der Waals surface area contributed by atoms with Crippen LogP contribution in [0.25, 0.3) is 0 Å². The zero-order chi connectivity index (χ0) is 26.1. The number of amides is 2. The minimum absolute atomic E-state index is 0.0113. The molecular weight excluding hydrogens is 504 g/mol. The number of carbonyl (C=O) groups is 3. The molecular formula is C25H23ClN4O5S. The average Bonchev–Trinajstić information content (AvgIpc) is 2.85. The molecule has 3 aromatic rings. The molecule has 3 rings (SSSR count). The molecule has 0 saturated heterocycles. The van der Waals surface area contributed by atoms with Crippen molar-refractivity contribution >= 4 is 46.6 Å². The number of aromatic nitrogens is 1. The van der Waals surface area contributed by atoms with E-state index in [-0.39, 0.29) is 35.0 Å². The first-order valence-corrected chi connectivity index (χ1v) is 11.6. The van der Waals surface area contributed by atoms with Crippen LogP contribution in [0.5, 0.6) is 5.75 Å². The molecule has 186 valence electrons. The number of aliphatic carboxylic acids is 1. The van der Waals surface area contributed by atoms with Crippen LogP contribution in [-0.2, 0) is 17.8 Å². The number of thiocarbonyl (C=S) groups is 1. The molecule has 2 amide bonds. The van der Waals surface area contributed by atoms with E-state index in [4.69, 9.17) is 23.8 Å². The average molecular weight is 527 g/mol. The van der Waals surface area contributed by atoms with Crippen LogP contribution in [-0.4, -0.2) is 50.6 Å². The Morgan fingerprint density at radius 2 is 1.72 bits per heavy atom. The Kier molecular flexibility index (Phi) is 9.32. The van der Waals surface area contributed by atoms with Gasteiger partial charge in [-0.3, -0.25) is 14.6 Å². The van der Waals surface area contributed by atoms with Crippen molar-refractivity contribution in [1.29, 1.82) is 0 Å². The molecule has 0 unspecified atom stereocenters. The normalized spacial score (nSPS) is 11.2. The number of hydrogen-bond acceptors (Lipinski definition) is 6. The fraction of sp³-hybridized carbons (Fsp3) is 0.160. The molecule has 0 bridgehead atoms. The Bertz CT molecular complexity index is 1270. The van der Waals surface area contributed by atoms with Gasteiger partial charge >= 0.3 is 5.97 Å². The summed E-state index contributed by atoms with van der Waals surface area (Å²) in [5.41, 5.74) is 1.86. The van der Waals surface area contributed by atoms with Crippen LogP contribution in [0.2, 0.25) is 5.02 Å². The maximum Gasteiger partial charge on any atom is 0.328 e. The Labute approximate surface area is 217 Å². The lowest BCUT2D eigenvalue weighted by atomic mass is 10.1. The first-order valence-electron chi connectivity index (χ1n) is 10.8. The topological polar surface area (TPSA) is 141 Å². The lowest BCUT2D eigenvalue weighted by molar-refractivity contribution is -0.139. The highest BCUT2D eigenvalue weighted by molar-refractivity contribution is 7.80. The van der Waals surface area contributed by atoms with E-state index in [1.54, 1.807) is 36.7 Å². The number of phenols is 1. The van der Waals surface area contributed by atoms with Gasteiger partial charge in [0.15, 0.2) is 0 Å². The number of benzene rings is 2. The molecule has 0 aliphatic rings. The van der Waals surface area contributed by atoms with Crippen molar-refractivity contribution in [3.05, 3.63) is 94.3 Å². The summed E-state index contributed by atoms with van der Waals surface area (Å²) in [7, 11) is 0. The van der Waals surface area contributed by atoms with E-state index in [2.05, 4.69) is 20.9 Å². The minimum atomic E-state index is -1.27. The van der Waals surface area contributed by atoms with Crippen LogP contribution in [0.15, 0.2) is 67.0 Å². The summed E-state index contributed by atoms with van der Waals surface area (Å²) in [4.78, 5) is 41.2. The number of rotatable bonds is 10. The second-order valence-electron chi connectivity index (χ2n) is 7.75. The maximum absolute atomic E-state index is 12.7. The maximum atomic E-state index is 12.7. The third-order valence-electron chi connectivity index (χ3n) is 5.06. The molecule has 0 aliphatic carbocycles. The Hall–Kier alpha value is -4.02. The standard InChI is InChI=1S/C25H23ClN4O5S/c26-20-12-17(23(32)29-13-16-2-1-3-18(31)10-16)4-5-19(20)24(33)30-21(25(34)35)14-28-22(36)11-15-6-8-27-9-7-15/h1-10,12,21,31H,11,13-14H2,(H,28,36)(H,29,32)(H,30,33)(H,34,35)/t21-/m0/s1. The lowest BCUT2D eigenvalue weighted by Gasteiger charge is -2.17. The molecule has 5 N–H and O–H groups in total. The van der Waals surface area contributed by atoms with Crippen LogP contribution in [0.1, 0.15) is 31.8 Å². The number of hydrogen-bond donors (Lipinski definition) is 5. The van der Waals surface area contributed by atoms with Gasteiger partial charge in [-0.2, -0.15) is 0 Å². The van der Waals surface area contributed by atoms with Crippen LogP contribution < -0.4 is 16.0 Å². The molecule has 36 heavy (non-hydrogen) atoms. The van der Waals surface area contributed by atoms with Crippen molar-refractivity contribution in [2.24, 2.45) is 0 Å². The van der Waals surface area contributed by atoms with E-state index in [9.17, 15) is 24.6 Å². The molecule has 1 heterocycles. The minimum Gasteiger partial charge on any atom is -0.508 e. The quantitative estimate of drug-likeness (QED) is 0.254. The zero-order valence-electron chi connectivity index (χ0n) is 18.9. The van der Waals surface area contributed by atoms with E-state index in [0.29, 0.717) is 17.0 Å². The molecule has 0 radical (unpaired) electrons. The third kappa shape index (κ3) is 7.76. The molecule has 1 aromatic heterocycles. The van der Waals surface area contributed by atoms with Crippen molar-refractivity contribution in [1.82, 2.24) is 20.9 Å². The number of carboxylic acids is 1. The molecule has 1 atom stereocenters. The van der Waals surface area contributed by atoms with Crippen molar-refractivity contribution in [2.75, 3.05) is 6.54 Å². The van der Waals surface area contributed by atoms with Gasteiger partial charge in [-0.15, -0.1) is 0 Å². The van der Waals surface area contributed by atoms with E-state index in [1.807, 2.05) is 0 Å². The number of aromatic hydroxyl groups is 1. The zero-order valence-corrected chi connectivity index (χ0v) is 20.5. The summed E-state index contributed by atoms with van der Waals surface area (Å²) in [5, 5.41) is 27.0. The number of carbonyl (C=O) groups excluding carboxylic acids is 2. The summed E-state index contributed by atoms with van der Waals surface area (Å²) < 4.78 is 0. The second-order valence-corrected chi connectivity index (χ2v) is 8.65. The number of carboxylic acid groups (broad SMARTS) is 1. The number of nitrogens with one attached hydrogen (secondary N) is 3. The van der Waals surface area contributed by atoms with E-state index in [1.165, 1.54) is 30.3 Å². The van der Waals surface area contributed by atoms with Gasteiger partial charge in [0.25, 0.3) is 11.8 Å². The largest absolute Gasteiger partial charge is 0.508 e. The van der Waals surface area contributed by atoms with Crippen molar-refractivity contribution in [3.8, 4) is 5.75 Å². The summed E-state index contributed by atoms with van der Waals surface area (Å²) in [5.74, 6) is -2.30. The van der Waals surface area contributed by atoms with Gasteiger partial charge in [-0.05, 0) is 53.6 Å². The second kappa shape index (κ2) is 12.6. The number of phenolic OH excluding ortho intramolecular Hbond substituents is 1. The number of halogens is 1. The molecule has 0 spiro atoms. The first-order chi connectivity index (χ1) is 17.2. The monoisotopic (exact) mass is 526 g/mol. The van der Waals surface area contributed by atoms with Crippen LogP contribution in [0, 0.1) is 0 Å². The van der Waals surface area contributed by atoms with E-state index < -0.39 is 23.8 Å². The number of pyridine rings is 1. The predicted octanol–water partition coefficient (Wildman–Crippen LogP) is 2.71. The van der Waals surface area contributed by atoms with E-state index in [0.717, 1.165) is 5.56 Å². The van der Waals surface area contributed by atoms with Gasteiger partial charge in [0.1, 0.15) is 11.8 Å². The van der Waals surface area contributed by atoms with Gasteiger partial charge in [0, 0.05) is 37.5 Å². The predicted molar refractivity (Wildman–Crippen MR) is 138 cm³/mol. The number of nitrogens with zero attached hydrogens (tertiary/aromatic N) is 1. The highest BCUT2D eigenvalue weighted by Gasteiger charge is 2.22. The Morgan fingerprint density at radius 3 is 2.39 bits per heavy atom. The fourth-order valence-corrected chi connectivity index (χ4v) is 3.71. The third-order valence-corrected chi connectivity index (χ3v) is 5.66. The molecule has 11 heteroatoms. The molecule has 0 fully saturated rings. The summed E-state index contributed by atoms with van der Waals surface area (Å²) in [6, 6.07) is 12.9.